The molecule has 0 amide bonds. The molecule has 3 heteroatoms. The van der Waals surface area contributed by atoms with Gasteiger partial charge in [0.15, 0.2) is 0 Å². The highest BCUT2D eigenvalue weighted by atomic mass is 16.1. The first-order valence-electron chi connectivity index (χ1n) is 5.40. The van der Waals surface area contributed by atoms with E-state index in [1.807, 2.05) is 18.3 Å². The lowest BCUT2D eigenvalue weighted by Gasteiger charge is -2.13. The first-order chi connectivity index (χ1) is 7.33. The summed E-state index contributed by atoms with van der Waals surface area (Å²) in [4.78, 5) is 12.0. The van der Waals surface area contributed by atoms with Gasteiger partial charge in [0.25, 0.3) is 5.56 Å². The first-order valence-corrected chi connectivity index (χ1v) is 5.40. The van der Waals surface area contributed by atoms with Crippen molar-refractivity contribution in [3.63, 3.8) is 0 Å². The minimum Gasteiger partial charge on any atom is -0.312 e. The van der Waals surface area contributed by atoms with E-state index >= 15 is 0 Å². The molecule has 0 spiro atoms. The zero-order chi connectivity index (χ0) is 10.7. The first kappa shape index (κ1) is 9.97. The molecule has 15 heavy (non-hydrogen) atoms. The van der Waals surface area contributed by atoms with Gasteiger partial charge in [0.2, 0.25) is 0 Å². The van der Waals surface area contributed by atoms with Gasteiger partial charge in [-0.1, -0.05) is 18.9 Å². The molecule has 1 aliphatic rings. The molecule has 2 rings (SSSR count). The van der Waals surface area contributed by atoms with Crippen molar-refractivity contribution >= 4 is 0 Å². The van der Waals surface area contributed by atoms with Gasteiger partial charge in [0, 0.05) is 17.8 Å². The number of aromatic nitrogens is 1. The number of pyridine rings is 1. The molecule has 1 saturated carbocycles. The van der Waals surface area contributed by atoms with Gasteiger partial charge < -0.3 is 4.57 Å². The molecule has 0 unspecified atom stereocenters. The molecule has 1 heterocycles. The second-order valence-electron chi connectivity index (χ2n) is 4.02. The summed E-state index contributed by atoms with van der Waals surface area (Å²) in [7, 11) is 0. The molecule has 0 aromatic carbocycles. The van der Waals surface area contributed by atoms with E-state index in [0.717, 1.165) is 12.8 Å². The van der Waals surface area contributed by atoms with Crippen LogP contribution in [0.15, 0.2) is 23.1 Å². The molecule has 1 aromatic rings. The molecule has 1 aromatic heterocycles. The second kappa shape index (κ2) is 4.31. The van der Waals surface area contributed by atoms with E-state index in [0.29, 0.717) is 11.6 Å². The molecule has 1 aliphatic carbocycles. The average molecular weight is 202 g/mol. The van der Waals surface area contributed by atoms with Gasteiger partial charge >= 0.3 is 0 Å². The maximum Gasteiger partial charge on any atom is 0.255 e. The van der Waals surface area contributed by atoms with Crippen molar-refractivity contribution in [3.05, 3.63) is 34.2 Å². The molecule has 0 N–H and O–H groups in total. The van der Waals surface area contributed by atoms with E-state index in [2.05, 4.69) is 0 Å². The summed E-state index contributed by atoms with van der Waals surface area (Å²) in [5.41, 5.74) is 0.637. The molecule has 0 atom stereocenters. The van der Waals surface area contributed by atoms with Crippen LogP contribution in [0.25, 0.3) is 0 Å². The fourth-order valence-electron chi connectivity index (χ4n) is 2.25. The van der Waals surface area contributed by atoms with Gasteiger partial charge in [-0.3, -0.25) is 4.79 Å². The molecule has 0 aliphatic heterocycles. The van der Waals surface area contributed by atoms with Gasteiger partial charge in [-0.2, -0.15) is 5.26 Å². The van der Waals surface area contributed by atoms with Crippen molar-refractivity contribution < 1.29 is 0 Å². The Morgan fingerprint density at radius 3 is 2.87 bits per heavy atom. The van der Waals surface area contributed by atoms with Crippen molar-refractivity contribution in [2.45, 2.75) is 38.1 Å². The van der Waals surface area contributed by atoms with Crippen molar-refractivity contribution in [2.75, 3.05) is 0 Å². The van der Waals surface area contributed by atoms with Crippen molar-refractivity contribution in [1.29, 1.82) is 5.26 Å². The zero-order valence-corrected chi connectivity index (χ0v) is 8.65. The van der Waals surface area contributed by atoms with Crippen LogP contribution in [0, 0.1) is 11.3 Å². The minimum atomic E-state index is 0.0194. The fraction of sp³-hybridized carbons (Fsp3) is 0.500. The quantitative estimate of drug-likeness (QED) is 0.736. The SMILES string of the molecule is N#CCc1cccn(C2CCCC2)c1=O. The summed E-state index contributed by atoms with van der Waals surface area (Å²) in [6.45, 7) is 0. The van der Waals surface area contributed by atoms with E-state index in [-0.39, 0.29) is 12.0 Å². The highest BCUT2D eigenvalue weighted by molar-refractivity contribution is 5.15. The third-order valence-electron chi connectivity index (χ3n) is 3.04. The lowest BCUT2D eigenvalue weighted by molar-refractivity contribution is 0.500. The second-order valence-corrected chi connectivity index (χ2v) is 4.02. The van der Waals surface area contributed by atoms with Gasteiger partial charge in [-0.25, -0.2) is 0 Å². The molecule has 0 saturated heterocycles. The standard InChI is InChI=1S/C12H14N2O/c13-8-7-10-4-3-9-14(12(10)15)11-5-1-2-6-11/h3-4,9,11H,1-2,5-7H2. The minimum absolute atomic E-state index is 0.0194. The van der Waals surface area contributed by atoms with Crippen LogP contribution in [0.2, 0.25) is 0 Å². The number of hydrogen-bond donors (Lipinski definition) is 0. The Bertz CT molecular complexity index is 436. The third kappa shape index (κ3) is 1.94. The van der Waals surface area contributed by atoms with Gasteiger partial charge in [0.05, 0.1) is 12.5 Å². The normalized spacial score (nSPS) is 16.5. The van der Waals surface area contributed by atoms with E-state index in [9.17, 15) is 4.79 Å². The number of rotatable bonds is 2. The predicted octanol–water partition coefficient (Wildman–Crippen LogP) is 2.03. The van der Waals surface area contributed by atoms with Crippen molar-refractivity contribution in [2.24, 2.45) is 0 Å². The van der Waals surface area contributed by atoms with Crippen LogP contribution >= 0.6 is 0 Å². The smallest absolute Gasteiger partial charge is 0.255 e. The van der Waals surface area contributed by atoms with Crippen LogP contribution in [-0.4, -0.2) is 4.57 Å². The molecule has 78 valence electrons. The lowest BCUT2D eigenvalue weighted by Crippen LogP contribution is -2.25. The molecule has 0 bridgehead atoms. The Balaban J connectivity index is 2.36. The Morgan fingerprint density at radius 1 is 1.47 bits per heavy atom. The Morgan fingerprint density at radius 2 is 2.20 bits per heavy atom. The average Bonchev–Trinajstić information content (AvgIpc) is 2.74. The van der Waals surface area contributed by atoms with Crippen LogP contribution < -0.4 is 5.56 Å². The summed E-state index contributed by atoms with van der Waals surface area (Å²) in [6.07, 6.45) is 6.66. The maximum atomic E-state index is 12.0. The number of nitrogens with zero attached hydrogens (tertiary/aromatic N) is 2. The van der Waals surface area contributed by atoms with Gasteiger partial charge in [-0.15, -0.1) is 0 Å². The van der Waals surface area contributed by atoms with Crippen molar-refractivity contribution in [1.82, 2.24) is 4.57 Å². The molecule has 1 fully saturated rings. The van der Waals surface area contributed by atoms with E-state index in [1.54, 1.807) is 10.6 Å². The molecular weight excluding hydrogens is 188 g/mol. The molecule has 0 radical (unpaired) electrons. The van der Waals surface area contributed by atoms with E-state index < -0.39 is 0 Å². The Hall–Kier alpha value is -1.56. The van der Waals surface area contributed by atoms with Crippen LogP contribution in [0.5, 0.6) is 0 Å². The van der Waals surface area contributed by atoms with E-state index in [4.69, 9.17) is 5.26 Å². The van der Waals surface area contributed by atoms with Crippen LogP contribution in [0.3, 0.4) is 0 Å². The Labute approximate surface area is 89.0 Å². The Kier molecular flexibility index (Phi) is 2.86. The zero-order valence-electron chi connectivity index (χ0n) is 8.65. The van der Waals surface area contributed by atoms with Crippen molar-refractivity contribution in [3.8, 4) is 6.07 Å². The monoisotopic (exact) mass is 202 g/mol. The topological polar surface area (TPSA) is 45.8 Å². The summed E-state index contributed by atoms with van der Waals surface area (Å²) in [5, 5.41) is 8.60. The third-order valence-corrected chi connectivity index (χ3v) is 3.04. The molecular formula is C12H14N2O. The summed E-state index contributed by atoms with van der Waals surface area (Å²) in [6, 6.07) is 6.00. The van der Waals surface area contributed by atoms with E-state index in [1.165, 1.54) is 12.8 Å². The lowest BCUT2D eigenvalue weighted by atomic mass is 10.2. The van der Waals surface area contributed by atoms with Crippen LogP contribution in [-0.2, 0) is 6.42 Å². The van der Waals surface area contributed by atoms with Gasteiger partial charge in [-0.05, 0) is 18.9 Å². The summed E-state index contributed by atoms with van der Waals surface area (Å²) < 4.78 is 1.81. The fourth-order valence-corrected chi connectivity index (χ4v) is 2.25. The predicted molar refractivity (Wildman–Crippen MR) is 57.5 cm³/mol. The molecule has 3 nitrogen and oxygen atoms in total. The largest absolute Gasteiger partial charge is 0.312 e. The number of nitriles is 1. The highest BCUT2D eigenvalue weighted by Gasteiger charge is 2.18. The highest BCUT2D eigenvalue weighted by Crippen LogP contribution is 2.27. The number of hydrogen-bond acceptors (Lipinski definition) is 2. The van der Waals surface area contributed by atoms with Gasteiger partial charge in [0.1, 0.15) is 0 Å². The summed E-state index contributed by atoms with van der Waals surface area (Å²) >= 11 is 0. The van der Waals surface area contributed by atoms with Crippen LogP contribution in [0.4, 0.5) is 0 Å². The van der Waals surface area contributed by atoms with Crippen LogP contribution in [0.1, 0.15) is 37.3 Å². The maximum absolute atomic E-state index is 12.0. The summed E-state index contributed by atoms with van der Waals surface area (Å²) in [5.74, 6) is 0.